The minimum atomic E-state index is 0.778. The van der Waals surface area contributed by atoms with Crippen molar-refractivity contribution in [2.24, 2.45) is 7.05 Å². The summed E-state index contributed by atoms with van der Waals surface area (Å²) in [5.74, 6) is 1.96. The Morgan fingerprint density at radius 3 is 2.74 bits per heavy atom. The second-order valence-electron chi connectivity index (χ2n) is 7.61. The zero-order valence-corrected chi connectivity index (χ0v) is 16.2. The van der Waals surface area contributed by atoms with E-state index in [0.29, 0.717) is 0 Å². The van der Waals surface area contributed by atoms with Crippen LogP contribution < -0.4 is 0 Å². The van der Waals surface area contributed by atoms with Crippen LogP contribution in [0.3, 0.4) is 0 Å². The average Bonchev–Trinajstić information content (AvgIpc) is 3.26. The number of aromatic nitrogens is 6. The van der Waals surface area contributed by atoms with E-state index in [4.69, 9.17) is 9.97 Å². The van der Waals surface area contributed by atoms with Crippen LogP contribution >= 0.6 is 0 Å². The highest BCUT2D eigenvalue weighted by atomic mass is 15.3. The third kappa shape index (κ3) is 2.62. The molecule has 1 aliphatic carbocycles. The number of aryl methyl sites for hydroxylation is 7. The Morgan fingerprint density at radius 1 is 1.04 bits per heavy atom. The number of benzene rings is 1. The Bertz CT molecular complexity index is 1130. The van der Waals surface area contributed by atoms with E-state index in [0.717, 1.165) is 47.9 Å². The molecule has 0 N–H and O–H groups in total. The van der Waals surface area contributed by atoms with Crippen molar-refractivity contribution in [1.82, 2.24) is 29.1 Å². The number of hydrogen-bond acceptors (Lipinski definition) is 4. The Hall–Kier alpha value is -2.76. The molecule has 0 atom stereocenters. The number of imidazole rings is 1. The molecule has 0 amide bonds. The molecule has 138 valence electrons. The Kier molecular flexibility index (Phi) is 3.74. The van der Waals surface area contributed by atoms with Crippen LogP contribution in [0.1, 0.15) is 47.0 Å². The van der Waals surface area contributed by atoms with E-state index >= 15 is 0 Å². The molecule has 3 heterocycles. The van der Waals surface area contributed by atoms with Gasteiger partial charge in [0.25, 0.3) is 0 Å². The van der Waals surface area contributed by atoms with Gasteiger partial charge in [-0.15, -0.1) is 0 Å². The highest BCUT2D eigenvalue weighted by molar-refractivity contribution is 5.81. The van der Waals surface area contributed by atoms with Crippen molar-refractivity contribution in [2.45, 2.75) is 52.4 Å². The quantitative estimate of drug-likeness (QED) is 0.562. The predicted octanol–water partition coefficient (Wildman–Crippen LogP) is 3.29. The third-order valence-electron chi connectivity index (χ3n) is 5.80. The Morgan fingerprint density at radius 2 is 1.89 bits per heavy atom. The lowest BCUT2D eigenvalue weighted by molar-refractivity contribution is 0.689. The summed E-state index contributed by atoms with van der Waals surface area (Å²) >= 11 is 0. The van der Waals surface area contributed by atoms with Gasteiger partial charge in [-0.3, -0.25) is 4.98 Å². The molecule has 0 bridgehead atoms. The first-order valence-corrected chi connectivity index (χ1v) is 9.76. The van der Waals surface area contributed by atoms with E-state index < -0.39 is 0 Å². The van der Waals surface area contributed by atoms with Gasteiger partial charge >= 0.3 is 0 Å². The summed E-state index contributed by atoms with van der Waals surface area (Å²) in [5.41, 5.74) is 8.15. The van der Waals surface area contributed by atoms with Crippen molar-refractivity contribution < 1.29 is 0 Å². The molecule has 0 radical (unpaired) electrons. The molecule has 1 aromatic carbocycles. The summed E-state index contributed by atoms with van der Waals surface area (Å²) in [6.07, 6.45) is 8.37. The summed E-state index contributed by atoms with van der Waals surface area (Å²) in [6, 6.07) is 4.53. The topological polar surface area (TPSA) is 60.9 Å². The molecule has 0 spiro atoms. The van der Waals surface area contributed by atoms with Crippen LogP contribution in [0.2, 0.25) is 0 Å². The fourth-order valence-corrected chi connectivity index (χ4v) is 4.23. The number of nitrogens with zero attached hydrogens (tertiary/aromatic N) is 6. The second kappa shape index (κ2) is 6.15. The number of hydrogen-bond donors (Lipinski definition) is 0. The van der Waals surface area contributed by atoms with E-state index in [1.54, 1.807) is 0 Å². The maximum absolute atomic E-state index is 5.02. The van der Waals surface area contributed by atoms with Gasteiger partial charge in [-0.25, -0.2) is 14.5 Å². The summed E-state index contributed by atoms with van der Waals surface area (Å²) in [7, 11) is 2.12. The van der Waals surface area contributed by atoms with Gasteiger partial charge in [0.2, 0.25) is 0 Å². The molecule has 0 aliphatic heterocycles. The number of rotatable bonds is 3. The Labute approximate surface area is 158 Å². The lowest BCUT2D eigenvalue weighted by Gasteiger charge is -2.15. The molecule has 1 aliphatic rings. The molecule has 3 aromatic heterocycles. The van der Waals surface area contributed by atoms with Crippen molar-refractivity contribution in [3.05, 3.63) is 52.5 Å². The van der Waals surface area contributed by atoms with Crippen molar-refractivity contribution in [1.29, 1.82) is 0 Å². The van der Waals surface area contributed by atoms with Gasteiger partial charge in [0.15, 0.2) is 11.5 Å². The van der Waals surface area contributed by atoms with Crippen LogP contribution in [0.25, 0.3) is 16.7 Å². The van der Waals surface area contributed by atoms with Crippen LogP contribution in [0.5, 0.6) is 0 Å². The monoisotopic (exact) mass is 360 g/mol. The zero-order chi connectivity index (χ0) is 18.5. The fraction of sp³-hybridized carbons (Fsp3) is 0.429. The molecule has 0 unspecified atom stereocenters. The summed E-state index contributed by atoms with van der Waals surface area (Å²) in [5, 5.41) is 4.67. The van der Waals surface area contributed by atoms with Gasteiger partial charge in [0.1, 0.15) is 5.82 Å². The fourth-order valence-electron chi connectivity index (χ4n) is 4.23. The van der Waals surface area contributed by atoms with E-state index in [9.17, 15) is 0 Å². The van der Waals surface area contributed by atoms with Gasteiger partial charge in [-0.1, -0.05) is 6.07 Å². The first kappa shape index (κ1) is 16.4. The van der Waals surface area contributed by atoms with E-state index in [1.165, 1.54) is 41.4 Å². The normalized spacial score (nSPS) is 14.2. The summed E-state index contributed by atoms with van der Waals surface area (Å²) in [4.78, 5) is 14.1. The molecule has 6 nitrogen and oxygen atoms in total. The molecule has 4 aromatic rings. The van der Waals surface area contributed by atoms with Gasteiger partial charge in [-0.2, -0.15) is 5.10 Å². The predicted molar refractivity (Wildman–Crippen MR) is 105 cm³/mol. The van der Waals surface area contributed by atoms with Crippen LogP contribution in [-0.2, 0) is 32.7 Å². The standard InChI is InChI=1S/C21H24N6/c1-13-12-22-14(2)21-23-18(25-27(13)21)10-11-19-24-20-16-7-5-4-6-15(16)8-9-17(20)26(19)3/h8-9,12H,4-7,10-11H2,1-3H3. The summed E-state index contributed by atoms with van der Waals surface area (Å²) in [6.45, 7) is 3.98. The molecular weight excluding hydrogens is 336 g/mol. The molecule has 0 saturated heterocycles. The molecule has 27 heavy (non-hydrogen) atoms. The maximum atomic E-state index is 5.02. The zero-order valence-electron chi connectivity index (χ0n) is 16.2. The van der Waals surface area contributed by atoms with Gasteiger partial charge in [0.05, 0.1) is 22.4 Å². The SMILES string of the molecule is Cc1ncc(C)n2nc(CCc3nc4c5c(ccc4n3C)CCCC5)nc12. The minimum absolute atomic E-state index is 0.778. The minimum Gasteiger partial charge on any atom is -0.331 e. The van der Waals surface area contributed by atoms with Gasteiger partial charge in [-0.05, 0) is 56.7 Å². The molecular formula is C21H24N6. The highest BCUT2D eigenvalue weighted by Gasteiger charge is 2.18. The molecule has 5 rings (SSSR count). The van der Waals surface area contributed by atoms with E-state index in [1.807, 2.05) is 24.6 Å². The smallest absolute Gasteiger partial charge is 0.177 e. The lowest BCUT2D eigenvalue weighted by Crippen LogP contribution is -2.03. The molecule has 0 saturated carbocycles. The van der Waals surface area contributed by atoms with E-state index in [2.05, 4.69) is 33.8 Å². The first-order chi connectivity index (χ1) is 13.1. The summed E-state index contributed by atoms with van der Waals surface area (Å²) < 4.78 is 4.13. The van der Waals surface area contributed by atoms with Gasteiger partial charge < -0.3 is 4.57 Å². The highest BCUT2D eigenvalue weighted by Crippen LogP contribution is 2.29. The average molecular weight is 360 g/mol. The van der Waals surface area contributed by atoms with Crippen LogP contribution in [0, 0.1) is 13.8 Å². The van der Waals surface area contributed by atoms with Crippen molar-refractivity contribution in [3.63, 3.8) is 0 Å². The molecule has 0 fully saturated rings. The van der Waals surface area contributed by atoms with Crippen molar-refractivity contribution >= 4 is 16.7 Å². The van der Waals surface area contributed by atoms with Crippen LogP contribution in [-0.4, -0.2) is 29.1 Å². The Balaban J connectivity index is 1.47. The van der Waals surface area contributed by atoms with E-state index in [-0.39, 0.29) is 0 Å². The second-order valence-corrected chi connectivity index (χ2v) is 7.61. The maximum Gasteiger partial charge on any atom is 0.177 e. The van der Waals surface area contributed by atoms with Crippen LogP contribution in [0.15, 0.2) is 18.3 Å². The lowest BCUT2D eigenvalue weighted by atomic mass is 9.91. The van der Waals surface area contributed by atoms with Crippen molar-refractivity contribution in [2.75, 3.05) is 0 Å². The largest absolute Gasteiger partial charge is 0.331 e. The molecule has 6 heteroatoms. The third-order valence-corrected chi connectivity index (χ3v) is 5.80. The van der Waals surface area contributed by atoms with Crippen molar-refractivity contribution in [3.8, 4) is 0 Å². The first-order valence-electron chi connectivity index (χ1n) is 9.76. The van der Waals surface area contributed by atoms with Gasteiger partial charge in [0, 0.05) is 26.1 Å². The number of fused-ring (bicyclic) bond motifs is 4. The van der Waals surface area contributed by atoms with Crippen LogP contribution in [0.4, 0.5) is 0 Å².